The minimum Gasteiger partial charge on any atom is -0.481 e. The van der Waals surface area contributed by atoms with Crippen LogP contribution in [0.15, 0.2) is 0 Å². The van der Waals surface area contributed by atoms with Crippen LogP contribution in [0.4, 0.5) is 0 Å². The molecule has 2 atom stereocenters. The predicted octanol–water partition coefficient (Wildman–Crippen LogP) is 0.213. The highest BCUT2D eigenvalue weighted by molar-refractivity contribution is 5.81. The number of aliphatic carboxylic acids is 1. The van der Waals surface area contributed by atoms with Gasteiger partial charge in [-0.05, 0) is 18.3 Å². The summed E-state index contributed by atoms with van der Waals surface area (Å²) in [5.41, 5.74) is 5.37. The number of rotatable bonds is 9. The maximum absolute atomic E-state index is 11.6. The average Bonchev–Trinajstić information content (AvgIpc) is 2.26. The number of carbonyl (C=O) groups excluding carboxylic acids is 1. The Labute approximate surface area is 108 Å². The smallest absolute Gasteiger partial charge is 0.303 e. The first-order valence-electron chi connectivity index (χ1n) is 6.13. The predicted molar refractivity (Wildman–Crippen MR) is 68.1 cm³/mol. The van der Waals surface area contributed by atoms with Crippen molar-refractivity contribution in [1.82, 2.24) is 5.32 Å². The Balaban J connectivity index is 4.24. The maximum atomic E-state index is 11.6. The molecular weight excluding hydrogens is 236 g/mol. The van der Waals surface area contributed by atoms with Gasteiger partial charge in [0.2, 0.25) is 5.91 Å². The molecule has 6 heteroatoms. The molecule has 0 aliphatic carbocycles. The van der Waals surface area contributed by atoms with Gasteiger partial charge in [0.25, 0.3) is 0 Å². The van der Waals surface area contributed by atoms with Gasteiger partial charge in [-0.3, -0.25) is 9.59 Å². The molecule has 0 aromatic heterocycles. The van der Waals surface area contributed by atoms with E-state index in [9.17, 15) is 9.59 Å². The lowest BCUT2D eigenvalue weighted by Gasteiger charge is -2.19. The van der Waals surface area contributed by atoms with Gasteiger partial charge >= 0.3 is 5.97 Å². The summed E-state index contributed by atoms with van der Waals surface area (Å²) in [6, 6.07) is 0. The van der Waals surface area contributed by atoms with E-state index in [1.165, 1.54) is 7.11 Å². The van der Waals surface area contributed by atoms with Crippen LogP contribution in [0.3, 0.4) is 0 Å². The molecule has 4 N–H and O–H groups in total. The van der Waals surface area contributed by atoms with Crippen LogP contribution in [-0.2, 0) is 14.3 Å². The van der Waals surface area contributed by atoms with Crippen LogP contribution < -0.4 is 11.1 Å². The van der Waals surface area contributed by atoms with E-state index in [0.717, 1.165) is 6.42 Å². The first kappa shape index (κ1) is 16.9. The monoisotopic (exact) mass is 260 g/mol. The number of nitrogens with one attached hydrogen (secondary N) is 1. The second kappa shape index (κ2) is 8.88. The van der Waals surface area contributed by atoms with Crippen molar-refractivity contribution in [2.75, 3.05) is 20.2 Å². The Hall–Kier alpha value is -1.14. The zero-order valence-electron chi connectivity index (χ0n) is 11.3. The van der Waals surface area contributed by atoms with Gasteiger partial charge in [-0.25, -0.2) is 0 Å². The number of carboxylic acid groups (broad SMARTS) is 1. The van der Waals surface area contributed by atoms with Crippen molar-refractivity contribution in [3.05, 3.63) is 0 Å². The topological polar surface area (TPSA) is 102 Å². The van der Waals surface area contributed by atoms with E-state index < -0.39 is 12.1 Å². The van der Waals surface area contributed by atoms with Crippen LogP contribution in [0.5, 0.6) is 0 Å². The number of methoxy groups -OCH3 is 1. The molecule has 0 aliphatic heterocycles. The van der Waals surface area contributed by atoms with E-state index in [2.05, 4.69) is 5.32 Å². The fourth-order valence-corrected chi connectivity index (χ4v) is 1.82. The van der Waals surface area contributed by atoms with Crippen molar-refractivity contribution in [2.24, 2.45) is 17.6 Å². The van der Waals surface area contributed by atoms with E-state index in [0.29, 0.717) is 12.5 Å². The minimum atomic E-state index is -0.850. The molecule has 0 spiro atoms. The standard InChI is InChI=1S/C12H24N2O4/c1-8(2)4-9(5-11(15)16)7-14-12(17)10(6-13)18-3/h8-10H,4-7,13H2,1-3H3,(H,14,17)(H,15,16). The van der Waals surface area contributed by atoms with Crippen molar-refractivity contribution in [2.45, 2.75) is 32.8 Å². The Kier molecular flexibility index (Phi) is 8.32. The van der Waals surface area contributed by atoms with E-state index in [4.69, 9.17) is 15.6 Å². The molecule has 106 valence electrons. The van der Waals surface area contributed by atoms with Crippen molar-refractivity contribution < 1.29 is 19.4 Å². The van der Waals surface area contributed by atoms with Crippen molar-refractivity contribution in [1.29, 1.82) is 0 Å². The Morgan fingerprint density at radius 3 is 2.39 bits per heavy atom. The normalized spacial score (nSPS) is 14.3. The van der Waals surface area contributed by atoms with E-state index in [1.807, 2.05) is 13.8 Å². The molecule has 0 fully saturated rings. The molecule has 0 aromatic rings. The third kappa shape index (κ3) is 7.24. The van der Waals surface area contributed by atoms with Crippen molar-refractivity contribution in [3.8, 4) is 0 Å². The van der Waals surface area contributed by atoms with Crippen LogP contribution in [0.1, 0.15) is 26.7 Å². The van der Waals surface area contributed by atoms with Crippen molar-refractivity contribution >= 4 is 11.9 Å². The molecule has 0 rings (SSSR count). The van der Waals surface area contributed by atoms with Gasteiger partial charge in [0, 0.05) is 26.6 Å². The molecule has 0 saturated heterocycles. The van der Waals surface area contributed by atoms with Crippen LogP contribution in [0.2, 0.25) is 0 Å². The van der Waals surface area contributed by atoms with E-state index >= 15 is 0 Å². The lowest BCUT2D eigenvalue weighted by atomic mass is 9.94. The summed E-state index contributed by atoms with van der Waals surface area (Å²) in [6.45, 7) is 4.49. The summed E-state index contributed by atoms with van der Waals surface area (Å²) in [5, 5.41) is 11.5. The molecule has 0 radical (unpaired) electrons. The summed E-state index contributed by atoms with van der Waals surface area (Å²) < 4.78 is 4.90. The highest BCUT2D eigenvalue weighted by atomic mass is 16.5. The third-order valence-corrected chi connectivity index (χ3v) is 2.62. The summed E-state index contributed by atoms with van der Waals surface area (Å²) in [7, 11) is 1.42. The molecule has 0 bridgehead atoms. The molecule has 2 unspecified atom stereocenters. The Bertz CT molecular complexity index is 265. The second-order valence-corrected chi connectivity index (χ2v) is 4.80. The number of ether oxygens (including phenoxy) is 1. The largest absolute Gasteiger partial charge is 0.481 e. The highest BCUT2D eigenvalue weighted by Gasteiger charge is 2.19. The summed E-state index contributed by atoms with van der Waals surface area (Å²) in [4.78, 5) is 22.3. The van der Waals surface area contributed by atoms with Gasteiger partial charge < -0.3 is 20.9 Å². The minimum absolute atomic E-state index is 0.0543. The first-order chi connectivity index (χ1) is 8.40. The van der Waals surface area contributed by atoms with E-state index in [-0.39, 0.29) is 24.8 Å². The molecule has 18 heavy (non-hydrogen) atoms. The average molecular weight is 260 g/mol. The van der Waals surface area contributed by atoms with Gasteiger partial charge in [0.1, 0.15) is 6.10 Å². The van der Waals surface area contributed by atoms with Crippen LogP contribution in [-0.4, -0.2) is 43.3 Å². The maximum Gasteiger partial charge on any atom is 0.303 e. The van der Waals surface area contributed by atoms with Gasteiger partial charge in [-0.1, -0.05) is 13.8 Å². The highest BCUT2D eigenvalue weighted by Crippen LogP contribution is 2.14. The first-order valence-corrected chi connectivity index (χ1v) is 6.13. The number of amides is 1. The molecule has 0 aliphatic rings. The quantitative estimate of drug-likeness (QED) is 0.550. The number of hydrogen-bond acceptors (Lipinski definition) is 4. The molecule has 0 saturated carbocycles. The molecule has 0 aromatic carbocycles. The Morgan fingerprint density at radius 2 is 2.00 bits per heavy atom. The fraction of sp³-hybridized carbons (Fsp3) is 0.833. The van der Waals surface area contributed by atoms with Gasteiger partial charge in [0.05, 0.1) is 0 Å². The zero-order chi connectivity index (χ0) is 14.1. The zero-order valence-corrected chi connectivity index (χ0v) is 11.3. The van der Waals surface area contributed by atoms with Crippen molar-refractivity contribution in [3.63, 3.8) is 0 Å². The van der Waals surface area contributed by atoms with Gasteiger partial charge in [-0.2, -0.15) is 0 Å². The fourth-order valence-electron chi connectivity index (χ4n) is 1.82. The van der Waals surface area contributed by atoms with Crippen LogP contribution in [0.25, 0.3) is 0 Å². The summed E-state index contributed by atoms with van der Waals surface area (Å²) in [5.74, 6) is -0.822. The summed E-state index contributed by atoms with van der Waals surface area (Å²) >= 11 is 0. The summed E-state index contributed by atoms with van der Waals surface area (Å²) in [6.07, 6.45) is 0.139. The third-order valence-electron chi connectivity index (χ3n) is 2.62. The second-order valence-electron chi connectivity index (χ2n) is 4.80. The number of nitrogens with two attached hydrogens (primary N) is 1. The van der Waals surface area contributed by atoms with Gasteiger partial charge in [-0.15, -0.1) is 0 Å². The molecule has 6 nitrogen and oxygen atoms in total. The Morgan fingerprint density at radius 1 is 1.39 bits per heavy atom. The molecule has 0 heterocycles. The van der Waals surface area contributed by atoms with Gasteiger partial charge in [0.15, 0.2) is 0 Å². The SMILES string of the molecule is COC(CN)C(=O)NCC(CC(=O)O)CC(C)C. The molecule has 1 amide bonds. The number of carboxylic acids is 1. The number of hydrogen-bond donors (Lipinski definition) is 3. The molecular formula is C12H24N2O4. The number of carbonyl (C=O) groups is 2. The lowest BCUT2D eigenvalue weighted by Crippen LogP contribution is -2.42. The van der Waals surface area contributed by atoms with E-state index in [1.54, 1.807) is 0 Å². The van der Waals surface area contributed by atoms with Crippen LogP contribution >= 0.6 is 0 Å². The lowest BCUT2D eigenvalue weighted by molar-refractivity contribution is -0.138. The van der Waals surface area contributed by atoms with Crippen LogP contribution in [0, 0.1) is 11.8 Å².